The largest absolute Gasteiger partial charge is 0.374 e. The van der Waals surface area contributed by atoms with Crippen molar-refractivity contribution in [1.82, 2.24) is 9.59 Å². The van der Waals surface area contributed by atoms with E-state index in [1.54, 1.807) is 11.8 Å². The van der Waals surface area contributed by atoms with E-state index in [0.29, 0.717) is 11.5 Å². The zero-order chi connectivity index (χ0) is 12.7. The highest BCUT2D eigenvalue weighted by molar-refractivity contribution is 7.99. The van der Waals surface area contributed by atoms with Crippen molar-refractivity contribution >= 4 is 38.1 Å². The molecule has 17 heavy (non-hydrogen) atoms. The van der Waals surface area contributed by atoms with Gasteiger partial charge in [0.25, 0.3) is 0 Å². The number of sulfone groups is 1. The number of rotatable bonds is 8. The van der Waals surface area contributed by atoms with Gasteiger partial charge in [-0.1, -0.05) is 11.4 Å². The average Bonchev–Trinajstić information content (AvgIpc) is 2.67. The summed E-state index contributed by atoms with van der Waals surface area (Å²) in [5.74, 6) is 1.52. The van der Waals surface area contributed by atoms with Crippen LogP contribution in [0.1, 0.15) is 19.0 Å². The van der Waals surface area contributed by atoms with Crippen LogP contribution in [0.15, 0.2) is 0 Å². The molecule has 1 aromatic rings. The predicted octanol–water partition coefficient (Wildman–Crippen LogP) is 1.64. The summed E-state index contributed by atoms with van der Waals surface area (Å²) in [6, 6.07) is 0. The molecule has 1 aromatic heterocycles. The smallest absolute Gasteiger partial charge is 0.148 e. The maximum Gasteiger partial charge on any atom is 0.148 e. The second-order valence-corrected chi connectivity index (χ2v) is 7.78. The van der Waals surface area contributed by atoms with E-state index in [9.17, 15) is 8.42 Å². The summed E-state index contributed by atoms with van der Waals surface area (Å²) >= 11 is 2.92. The van der Waals surface area contributed by atoms with Gasteiger partial charge in [-0.15, -0.1) is 5.10 Å². The summed E-state index contributed by atoms with van der Waals surface area (Å²) in [7, 11) is -2.86. The van der Waals surface area contributed by atoms with Crippen LogP contribution in [-0.2, 0) is 15.6 Å². The van der Waals surface area contributed by atoms with Gasteiger partial charge < -0.3 is 5.32 Å². The number of nitrogens with one attached hydrogen (secondary N) is 1. The van der Waals surface area contributed by atoms with Crippen LogP contribution in [0.25, 0.3) is 0 Å². The number of hydrogen-bond acceptors (Lipinski definition) is 7. The number of thioether (sulfide) groups is 1. The van der Waals surface area contributed by atoms with Gasteiger partial charge in [-0.2, -0.15) is 11.8 Å². The molecule has 0 atom stereocenters. The first-order valence-electron chi connectivity index (χ1n) is 5.33. The Kier molecular flexibility index (Phi) is 6.21. The Hall–Kier alpha value is -0.340. The summed E-state index contributed by atoms with van der Waals surface area (Å²) in [6.07, 6.45) is 2.31. The third-order valence-electron chi connectivity index (χ3n) is 1.93. The number of nitrogens with zero attached hydrogens (tertiary/aromatic N) is 2. The third-order valence-corrected chi connectivity index (χ3v) is 4.83. The Labute approximate surface area is 110 Å². The lowest BCUT2D eigenvalue weighted by atomic mass is 10.4. The first-order chi connectivity index (χ1) is 8.03. The molecule has 0 fully saturated rings. The van der Waals surface area contributed by atoms with Crippen molar-refractivity contribution in [1.29, 1.82) is 0 Å². The van der Waals surface area contributed by atoms with Gasteiger partial charge in [0.1, 0.15) is 20.5 Å². The molecule has 0 aromatic carbocycles. The molecule has 1 heterocycles. The molecule has 0 radical (unpaired) electrons. The van der Waals surface area contributed by atoms with E-state index in [1.807, 2.05) is 0 Å². The standard InChI is InChI=1S/C9H17N3O2S3/c1-3-4-10-9-8(11-12-16-9)7-15-5-6-17(2,13)14/h10H,3-7H2,1-2H3. The van der Waals surface area contributed by atoms with Gasteiger partial charge in [0.05, 0.1) is 5.75 Å². The van der Waals surface area contributed by atoms with E-state index in [-0.39, 0.29) is 5.75 Å². The van der Waals surface area contributed by atoms with E-state index in [0.717, 1.165) is 23.7 Å². The molecule has 8 heteroatoms. The summed E-state index contributed by atoms with van der Waals surface area (Å²) < 4.78 is 25.8. The van der Waals surface area contributed by atoms with Crippen LogP contribution in [0.2, 0.25) is 0 Å². The molecular weight excluding hydrogens is 278 g/mol. The molecule has 0 bridgehead atoms. The minimum absolute atomic E-state index is 0.215. The minimum atomic E-state index is -2.86. The maximum atomic E-state index is 10.9. The van der Waals surface area contributed by atoms with Crippen molar-refractivity contribution in [3.05, 3.63) is 5.69 Å². The van der Waals surface area contributed by atoms with E-state index in [2.05, 4.69) is 21.8 Å². The topological polar surface area (TPSA) is 72.0 Å². The summed E-state index contributed by atoms with van der Waals surface area (Å²) in [5.41, 5.74) is 0.918. The fourth-order valence-corrected chi connectivity index (χ4v) is 3.97. The second kappa shape index (κ2) is 7.17. The van der Waals surface area contributed by atoms with Crippen LogP contribution < -0.4 is 5.32 Å². The molecule has 0 aliphatic carbocycles. The number of anilines is 1. The van der Waals surface area contributed by atoms with Crippen molar-refractivity contribution < 1.29 is 8.42 Å². The van der Waals surface area contributed by atoms with Crippen LogP contribution >= 0.6 is 23.3 Å². The molecule has 98 valence electrons. The second-order valence-electron chi connectivity index (χ2n) is 3.66. The Balaban J connectivity index is 2.33. The molecule has 0 spiro atoms. The highest BCUT2D eigenvalue weighted by atomic mass is 32.2. The zero-order valence-electron chi connectivity index (χ0n) is 9.97. The van der Waals surface area contributed by atoms with Crippen LogP contribution in [0, 0.1) is 0 Å². The molecule has 0 saturated heterocycles. The molecule has 0 saturated carbocycles. The molecule has 1 N–H and O–H groups in total. The number of aromatic nitrogens is 2. The van der Waals surface area contributed by atoms with E-state index in [1.165, 1.54) is 17.8 Å². The fourth-order valence-electron chi connectivity index (χ4n) is 1.06. The normalized spacial score (nSPS) is 11.6. The summed E-state index contributed by atoms with van der Waals surface area (Å²) in [5, 5.41) is 8.30. The van der Waals surface area contributed by atoms with E-state index in [4.69, 9.17) is 0 Å². The van der Waals surface area contributed by atoms with Gasteiger partial charge in [0.15, 0.2) is 0 Å². The molecular formula is C9H17N3O2S3. The Bertz CT molecular complexity index is 430. The molecule has 0 unspecified atom stereocenters. The van der Waals surface area contributed by atoms with Crippen molar-refractivity contribution in [3.63, 3.8) is 0 Å². The molecule has 5 nitrogen and oxygen atoms in total. The van der Waals surface area contributed by atoms with E-state index < -0.39 is 9.84 Å². The van der Waals surface area contributed by atoms with Crippen molar-refractivity contribution in [3.8, 4) is 0 Å². The lowest BCUT2D eigenvalue weighted by molar-refractivity contribution is 0.603. The van der Waals surface area contributed by atoms with Crippen LogP contribution in [-0.4, -0.2) is 42.3 Å². The van der Waals surface area contributed by atoms with Gasteiger partial charge in [0.2, 0.25) is 0 Å². The van der Waals surface area contributed by atoms with Crippen LogP contribution in [0.5, 0.6) is 0 Å². The summed E-state index contributed by atoms with van der Waals surface area (Å²) in [6.45, 7) is 3.01. The highest BCUT2D eigenvalue weighted by Crippen LogP contribution is 2.22. The molecule has 1 rings (SSSR count). The van der Waals surface area contributed by atoms with E-state index >= 15 is 0 Å². The monoisotopic (exact) mass is 295 g/mol. The first-order valence-corrected chi connectivity index (χ1v) is 9.32. The SMILES string of the molecule is CCCNc1snnc1CSCCS(C)(=O)=O. The molecule has 0 aliphatic rings. The third kappa shape index (κ3) is 6.23. The lowest BCUT2D eigenvalue weighted by Crippen LogP contribution is -2.05. The van der Waals surface area contributed by atoms with Gasteiger partial charge in [-0.05, 0) is 6.42 Å². The first kappa shape index (κ1) is 14.7. The molecule has 0 aliphatic heterocycles. The average molecular weight is 295 g/mol. The van der Waals surface area contributed by atoms with Gasteiger partial charge in [-0.3, -0.25) is 0 Å². The Morgan fingerprint density at radius 2 is 2.24 bits per heavy atom. The van der Waals surface area contributed by atoms with Crippen molar-refractivity contribution in [2.75, 3.05) is 29.6 Å². The quantitative estimate of drug-likeness (QED) is 0.735. The maximum absolute atomic E-state index is 10.9. The van der Waals surface area contributed by atoms with Crippen molar-refractivity contribution in [2.24, 2.45) is 0 Å². The van der Waals surface area contributed by atoms with Crippen LogP contribution in [0.3, 0.4) is 0 Å². The van der Waals surface area contributed by atoms with Gasteiger partial charge >= 0.3 is 0 Å². The Morgan fingerprint density at radius 1 is 1.47 bits per heavy atom. The fraction of sp³-hybridized carbons (Fsp3) is 0.778. The number of hydrogen-bond donors (Lipinski definition) is 1. The minimum Gasteiger partial charge on any atom is -0.374 e. The molecule has 0 amide bonds. The lowest BCUT2D eigenvalue weighted by Gasteiger charge is -2.03. The van der Waals surface area contributed by atoms with Gasteiger partial charge in [-0.25, -0.2) is 8.42 Å². The van der Waals surface area contributed by atoms with Crippen molar-refractivity contribution in [2.45, 2.75) is 19.1 Å². The summed E-state index contributed by atoms with van der Waals surface area (Å²) in [4.78, 5) is 0. The highest BCUT2D eigenvalue weighted by Gasteiger charge is 2.08. The van der Waals surface area contributed by atoms with Gasteiger partial charge in [0, 0.05) is 35.8 Å². The Morgan fingerprint density at radius 3 is 2.88 bits per heavy atom. The zero-order valence-corrected chi connectivity index (χ0v) is 12.4. The predicted molar refractivity (Wildman–Crippen MR) is 74.6 cm³/mol. The van der Waals surface area contributed by atoms with Crippen LogP contribution in [0.4, 0.5) is 5.00 Å².